The molecule has 1 heterocycles. The van der Waals surface area contributed by atoms with E-state index in [1.807, 2.05) is 24.3 Å². The third-order valence-electron chi connectivity index (χ3n) is 3.82. The molecule has 1 aromatic rings. The van der Waals surface area contributed by atoms with Crippen molar-refractivity contribution in [1.82, 2.24) is 10.2 Å². The van der Waals surface area contributed by atoms with Gasteiger partial charge < -0.3 is 15.5 Å². The van der Waals surface area contributed by atoms with Crippen molar-refractivity contribution < 1.29 is 9.59 Å². The topological polar surface area (TPSA) is 61.4 Å². The number of anilines is 1. The molecule has 0 unspecified atom stereocenters. The minimum Gasteiger partial charge on any atom is -0.342 e. The van der Waals surface area contributed by atoms with E-state index in [4.69, 9.17) is 0 Å². The Labute approximate surface area is 125 Å². The molecule has 5 nitrogen and oxygen atoms in total. The largest absolute Gasteiger partial charge is 0.342 e. The summed E-state index contributed by atoms with van der Waals surface area (Å²) >= 11 is 0. The first kappa shape index (κ1) is 15.5. The summed E-state index contributed by atoms with van der Waals surface area (Å²) in [5, 5.41) is 6.22. The molecule has 0 aliphatic carbocycles. The van der Waals surface area contributed by atoms with E-state index < -0.39 is 0 Å². The summed E-state index contributed by atoms with van der Waals surface area (Å²) in [4.78, 5) is 25.1. The van der Waals surface area contributed by atoms with Gasteiger partial charge in [0, 0.05) is 32.7 Å². The van der Waals surface area contributed by atoms with Crippen LogP contribution in [0.2, 0.25) is 0 Å². The molecule has 21 heavy (non-hydrogen) atoms. The molecular weight excluding hydrogens is 266 g/mol. The van der Waals surface area contributed by atoms with Crippen LogP contribution in [0.3, 0.4) is 0 Å². The quantitative estimate of drug-likeness (QED) is 0.885. The fourth-order valence-corrected chi connectivity index (χ4v) is 2.45. The van der Waals surface area contributed by atoms with Crippen molar-refractivity contribution in [3.63, 3.8) is 0 Å². The molecule has 0 bridgehead atoms. The summed E-state index contributed by atoms with van der Waals surface area (Å²) in [6.45, 7) is 3.83. The number of nitrogens with zero attached hydrogens (tertiary/aromatic N) is 1. The Morgan fingerprint density at radius 1 is 1.43 bits per heavy atom. The maximum Gasteiger partial charge on any atom is 0.228 e. The lowest BCUT2D eigenvalue weighted by Gasteiger charge is -2.22. The molecule has 2 N–H and O–H groups in total. The highest BCUT2D eigenvalue weighted by Gasteiger charge is 2.20. The molecular formula is C16H23N3O2. The van der Waals surface area contributed by atoms with E-state index in [-0.39, 0.29) is 17.7 Å². The number of nitrogens with one attached hydrogen (secondary N) is 2. The van der Waals surface area contributed by atoms with Gasteiger partial charge in [-0.05, 0) is 37.1 Å². The van der Waals surface area contributed by atoms with Gasteiger partial charge in [0.2, 0.25) is 11.8 Å². The molecule has 1 aliphatic heterocycles. The highest BCUT2D eigenvalue weighted by molar-refractivity contribution is 5.92. The van der Waals surface area contributed by atoms with Gasteiger partial charge in [-0.3, -0.25) is 9.59 Å². The Kier molecular flexibility index (Phi) is 5.33. The summed E-state index contributed by atoms with van der Waals surface area (Å²) in [7, 11) is 1.77. The maximum atomic E-state index is 12.2. The van der Waals surface area contributed by atoms with E-state index in [9.17, 15) is 9.59 Å². The van der Waals surface area contributed by atoms with Crippen molar-refractivity contribution >= 4 is 17.5 Å². The van der Waals surface area contributed by atoms with Gasteiger partial charge in [0.15, 0.2) is 0 Å². The Morgan fingerprint density at radius 2 is 2.24 bits per heavy atom. The van der Waals surface area contributed by atoms with Crippen LogP contribution in [0.5, 0.6) is 0 Å². The van der Waals surface area contributed by atoms with E-state index in [2.05, 4.69) is 10.6 Å². The van der Waals surface area contributed by atoms with Crippen LogP contribution in [-0.2, 0) is 16.1 Å². The lowest BCUT2D eigenvalue weighted by Crippen LogP contribution is -2.37. The predicted octanol–water partition coefficient (Wildman–Crippen LogP) is 1.60. The van der Waals surface area contributed by atoms with Crippen LogP contribution in [0.25, 0.3) is 0 Å². The van der Waals surface area contributed by atoms with Crippen LogP contribution in [0.1, 0.15) is 25.3 Å². The lowest BCUT2D eigenvalue weighted by atomic mass is 9.99. The van der Waals surface area contributed by atoms with E-state index in [0.717, 1.165) is 37.2 Å². The van der Waals surface area contributed by atoms with Crippen LogP contribution in [0, 0.1) is 5.92 Å². The van der Waals surface area contributed by atoms with Gasteiger partial charge in [-0.25, -0.2) is 0 Å². The van der Waals surface area contributed by atoms with Crippen LogP contribution in [0.15, 0.2) is 24.3 Å². The van der Waals surface area contributed by atoms with E-state index in [0.29, 0.717) is 6.54 Å². The van der Waals surface area contributed by atoms with Crippen molar-refractivity contribution in [2.24, 2.45) is 5.92 Å². The van der Waals surface area contributed by atoms with E-state index >= 15 is 0 Å². The number of carbonyl (C=O) groups is 2. The molecule has 1 fully saturated rings. The van der Waals surface area contributed by atoms with E-state index in [1.54, 1.807) is 18.9 Å². The zero-order chi connectivity index (χ0) is 15.2. The monoisotopic (exact) mass is 289 g/mol. The summed E-state index contributed by atoms with van der Waals surface area (Å²) in [5.74, 6) is 0.138. The van der Waals surface area contributed by atoms with Crippen molar-refractivity contribution in [3.05, 3.63) is 29.8 Å². The zero-order valence-corrected chi connectivity index (χ0v) is 12.7. The first-order valence-corrected chi connectivity index (χ1v) is 7.38. The Balaban J connectivity index is 1.97. The molecule has 0 saturated carbocycles. The lowest BCUT2D eigenvalue weighted by molar-refractivity contribution is -0.128. The molecule has 2 amide bonds. The highest BCUT2D eigenvalue weighted by atomic mass is 16.2. The smallest absolute Gasteiger partial charge is 0.228 e. The van der Waals surface area contributed by atoms with Crippen LogP contribution in [0.4, 0.5) is 5.69 Å². The molecule has 0 spiro atoms. The predicted molar refractivity (Wildman–Crippen MR) is 82.8 cm³/mol. The standard InChI is InChI=1S/C16H23N3O2/c1-12(20)19(2)11-13-5-3-7-15(9-13)18-16(21)14-6-4-8-17-10-14/h3,5,7,9,14,17H,4,6,8,10-11H2,1-2H3,(H,18,21)/t14-/m1/s1. The molecule has 0 aromatic heterocycles. The van der Waals surface area contributed by atoms with Gasteiger partial charge in [0.25, 0.3) is 0 Å². The fourth-order valence-electron chi connectivity index (χ4n) is 2.45. The van der Waals surface area contributed by atoms with Crippen molar-refractivity contribution in [2.45, 2.75) is 26.3 Å². The van der Waals surface area contributed by atoms with Gasteiger partial charge >= 0.3 is 0 Å². The molecule has 2 rings (SSSR count). The maximum absolute atomic E-state index is 12.2. The van der Waals surface area contributed by atoms with E-state index in [1.165, 1.54) is 0 Å². The molecule has 1 aromatic carbocycles. The normalized spacial score (nSPS) is 18.1. The van der Waals surface area contributed by atoms with Gasteiger partial charge in [0.05, 0.1) is 5.92 Å². The summed E-state index contributed by atoms with van der Waals surface area (Å²) in [6, 6.07) is 7.66. The highest BCUT2D eigenvalue weighted by Crippen LogP contribution is 2.16. The number of carbonyl (C=O) groups excluding carboxylic acids is 2. The second-order valence-corrected chi connectivity index (χ2v) is 5.61. The second-order valence-electron chi connectivity index (χ2n) is 5.61. The van der Waals surface area contributed by atoms with Gasteiger partial charge in [0.1, 0.15) is 0 Å². The van der Waals surface area contributed by atoms with Crippen LogP contribution >= 0.6 is 0 Å². The van der Waals surface area contributed by atoms with Gasteiger partial charge in [-0.15, -0.1) is 0 Å². The Morgan fingerprint density at radius 3 is 2.90 bits per heavy atom. The molecule has 5 heteroatoms. The molecule has 1 saturated heterocycles. The average molecular weight is 289 g/mol. The number of amides is 2. The van der Waals surface area contributed by atoms with Crippen LogP contribution in [-0.4, -0.2) is 36.9 Å². The summed E-state index contributed by atoms with van der Waals surface area (Å²) in [5.41, 5.74) is 1.80. The molecule has 1 aliphatic rings. The molecule has 114 valence electrons. The first-order valence-electron chi connectivity index (χ1n) is 7.38. The zero-order valence-electron chi connectivity index (χ0n) is 12.7. The Hall–Kier alpha value is -1.88. The number of piperidine rings is 1. The van der Waals surface area contributed by atoms with Crippen molar-refractivity contribution in [3.8, 4) is 0 Å². The van der Waals surface area contributed by atoms with Crippen molar-refractivity contribution in [2.75, 3.05) is 25.5 Å². The number of benzene rings is 1. The van der Waals surface area contributed by atoms with Crippen LogP contribution < -0.4 is 10.6 Å². The first-order chi connectivity index (χ1) is 10.1. The average Bonchev–Trinajstić information content (AvgIpc) is 2.48. The van der Waals surface area contributed by atoms with Crippen molar-refractivity contribution in [1.29, 1.82) is 0 Å². The number of hydrogen-bond donors (Lipinski definition) is 2. The third-order valence-corrected chi connectivity index (χ3v) is 3.82. The van der Waals surface area contributed by atoms with Gasteiger partial charge in [-0.1, -0.05) is 12.1 Å². The minimum absolute atomic E-state index is 0.0257. The molecule has 0 radical (unpaired) electrons. The number of hydrogen-bond acceptors (Lipinski definition) is 3. The minimum atomic E-state index is 0.0257. The number of rotatable bonds is 4. The Bertz CT molecular complexity index is 510. The molecule has 1 atom stereocenters. The second kappa shape index (κ2) is 7.22. The van der Waals surface area contributed by atoms with Gasteiger partial charge in [-0.2, -0.15) is 0 Å². The summed E-state index contributed by atoms with van der Waals surface area (Å²) in [6.07, 6.45) is 1.98. The summed E-state index contributed by atoms with van der Waals surface area (Å²) < 4.78 is 0. The third kappa shape index (κ3) is 4.56. The fraction of sp³-hybridized carbons (Fsp3) is 0.500. The SMILES string of the molecule is CC(=O)N(C)Cc1cccc(NC(=O)[C@@H]2CCCNC2)c1.